The fraction of sp³-hybridized carbons (Fsp3) is 0.316. The molecular weight excluding hydrogens is 358 g/mol. The molecule has 4 rings (SSSR count). The number of nitrogens with zero attached hydrogens (tertiary/aromatic N) is 2. The van der Waals surface area contributed by atoms with E-state index in [0.29, 0.717) is 16.1 Å². The SMILES string of the molecule is CC1CCc2c(sc3ncn(CC(=O)c4ccc(F)c(F)c4)c(=O)c23)C1. The summed E-state index contributed by atoms with van der Waals surface area (Å²) in [6.07, 6.45) is 4.17. The van der Waals surface area contributed by atoms with Crippen LogP contribution in [0.3, 0.4) is 0 Å². The Bertz CT molecular complexity index is 1090. The molecule has 1 aliphatic rings. The van der Waals surface area contributed by atoms with E-state index in [2.05, 4.69) is 11.9 Å². The number of halogens is 2. The van der Waals surface area contributed by atoms with Crippen LogP contribution < -0.4 is 5.56 Å². The Kier molecular flexibility index (Phi) is 4.19. The van der Waals surface area contributed by atoms with Gasteiger partial charge in [-0.05, 0) is 48.9 Å². The Morgan fingerprint density at radius 2 is 2.15 bits per heavy atom. The monoisotopic (exact) mass is 374 g/mol. The van der Waals surface area contributed by atoms with Crippen molar-refractivity contribution in [2.75, 3.05) is 0 Å². The second-order valence-electron chi connectivity index (χ2n) is 6.76. The molecule has 0 bridgehead atoms. The number of hydrogen-bond acceptors (Lipinski definition) is 4. The molecule has 7 heteroatoms. The first-order chi connectivity index (χ1) is 12.4. The van der Waals surface area contributed by atoms with Crippen LogP contribution in [0.25, 0.3) is 10.2 Å². The summed E-state index contributed by atoms with van der Waals surface area (Å²) in [5.41, 5.74) is 0.824. The first-order valence-corrected chi connectivity index (χ1v) is 9.23. The van der Waals surface area contributed by atoms with Crippen molar-refractivity contribution in [3.63, 3.8) is 0 Å². The van der Waals surface area contributed by atoms with Gasteiger partial charge in [0.15, 0.2) is 17.4 Å². The van der Waals surface area contributed by atoms with E-state index in [4.69, 9.17) is 0 Å². The minimum atomic E-state index is -1.09. The van der Waals surface area contributed by atoms with Crippen LogP contribution in [-0.4, -0.2) is 15.3 Å². The quantitative estimate of drug-likeness (QED) is 0.656. The highest BCUT2D eigenvalue weighted by Gasteiger charge is 2.23. The van der Waals surface area contributed by atoms with Gasteiger partial charge in [0.1, 0.15) is 4.83 Å². The van der Waals surface area contributed by atoms with E-state index in [0.717, 1.165) is 37.0 Å². The first-order valence-electron chi connectivity index (χ1n) is 8.42. The molecule has 1 atom stereocenters. The molecule has 0 aliphatic heterocycles. The summed E-state index contributed by atoms with van der Waals surface area (Å²) in [7, 11) is 0. The predicted octanol–water partition coefficient (Wildman–Crippen LogP) is 3.74. The lowest BCUT2D eigenvalue weighted by molar-refractivity contribution is 0.0970. The van der Waals surface area contributed by atoms with Gasteiger partial charge in [0.05, 0.1) is 18.3 Å². The van der Waals surface area contributed by atoms with E-state index < -0.39 is 17.4 Å². The average Bonchev–Trinajstić information content (AvgIpc) is 2.97. The summed E-state index contributed by atoms with van der Waals surface area (Å²) >= 11 is 1.54. The van der Waals surface area contributed by atoms with Gasteiger partial charge in [-0.25, -0.2) is 13.8 Å². The van der Waals surface area contributed by atoms with Crippen molar-refractivity contribution >= 4 is 27.3 Å². The smallest absolute Gasteiger partial charge is 0.262 e. The molecule has 2 aromatic heterocycles. The number of aromatic nitrogens is 2. The molecule has 1 aliphatic carbocycles. The van der Waals surface area contributed by atoms with E-state index in [9.17, 15) is 18.4 Å². The number of aryl methyl sites for hydroxylation is 1. The summed E-state index contributed by atoms with van der Waals surface area (Å²) in [6.45, 7) is 1.94. The molecule has 0 saturated heterocycles. The van der Waals surface area contributed by atoms with Gasteiger partial charge in [-0.15, -0.1) is 11.3 Å². The van der Waals surface area contributed by atoms with Crippen molar-refractivity contribution in [2.24, 2.45) is 5.92 Å². The third-order valence-electron chi connectivity index (χ3n) is 4.84. The van der Waals surface area contributed by atoms with E-state index >= 15 is 0 Å². The van der Waals surface area contributed by atoms with E-state index in [-0.39, 0.29) is 17.7 Å². The van der Waals surface area contributed by atoms with Crippen LogP contribution in [0.2, 0.25) is 0 Å². The second-order valence-corrected chi connectivity index (χ2v) is 7.85. The highest BCUT2D eigenvalue weighted by Crippen LogP contribution is 2.35. The summed E-state index contributed by atoms with van der Waals surface area (Å²) < 4.78 is 27.6. The Morgan fingerprint density at radius 3 is 2.92 bits per heavy atom. The molecule has 2 heterocycles. The van der Waals surface area contributed by atoms with Crippen molar-refractivity contribution in [3.05, 3.63) is 62.5 Å². The maximum Gasteiger partial charge on any atom is 0.262 e. The van der Waals surface area contributed by atoms with Gasteiger partial charge in [0, 0.05) is 10.4 Å². The molecule has 3 aromatic rings. The van der Waals surface area contributed by atoms with Gasteiger partial charge in [-0.3, -0.25) is 14.2 Å². The second kappa shape index (κ2) is 6.39. The Labute approximate surface area is 152 Å². The molecule has 1 aromatic carbocycles. The molecule has 0 N–H and O–H groups in total. The van der Waals surface area contributed by atoms with Crippen molar-refractivity contribution in [3.8, 4) is 0 Å². The molecule has 4 nitrogen and oxygen atoms in total. The molecule has 134 valence electrons. The number of Topliss-reactive ketones (excluding diaryl/α,β-unsaturated/α-hetero) is 1. The summed E-state index contributed by atoms with van der Waals surface area (Å²) in [5, 5.41) is 0.595. The third kappa shape index (κ3) is 2.86. The van der Waals surface area contributed by atoms with Crippen LogP contribution in [0, 0.1) is 17.6 Å². The van der Waals surface area contributed by atoms with Crippen molar-refractivity contribution < 1.29 is 13.6 Å². The number of fused-ring (bicyclic) bond motifs is 3. The summed E-state index contributed by atoms with van der Waals surface area (Å²) in [6, 6.07) is 2.97. The topological polar surface area (TPSA) is 52.0 Å². The highest BCUT2D eigenvalue weighted by molar-refractivity contribution is 7.18. The van der Waals surface area contributed by atoms with Crippen LogP contribution in [-0.2, 0) is 19.4 Å². The van der Waals surface area contributed by atoms with Crippen molar-refractivity contribution in [1.82, 2.24) is 9.55 Å². The minimum absolute atomic E-state index is 0.0251. The molecule has 0 saturated carbocycles. The standard InChI is InChI=1S/C19H16F2N2O2S/c1-10-2-4-12-16(6-10)26-18-17(12)19(25)23(9-22-18)8-15(24)11-3-5-13(20)14(21)7-11/h3,5,7,9-10H,2,4,6,8H2,1H3. The third-order valence-corrected chi connectivity index (χ3v) is 6.00. The van der Waals surface area contributed by atoms with Gasteiger partial charge < -0.3 is 0 Å². The average molecular weight is 374 g/mol. The number of carbonyl (C=O) groups excluding carboxylic acids is 1. The van der Waals surface area contributed by atoms with Crippen LogP contribution in [0.15, 0.2) is 29.3 Å². The maximum atomic E-state index is 13.3. The van der Waals surface area contributed by atoms with Crippen LogP contribution in [0.1, 0.15) is 34.1 Å². The zero-order valence-corrected chi connectivity index (χ0v) is 14.9. The van der Waals surface area contributed by atoms with E-state index in [1.54, 1.807) is 11.3 Å². The zero-order chi connectivity index (χ0) is 18.4. The number of benzene rings is 1. The number of carbonyl (C=O) groups is 1. The Balaban J connectivity index is 1.71. The molecule has 0 radical (unpaired) electrons. The predicted molar refractivity (Wildman–Crippen MR) is 95.8 cm³/mol. The van der Waals surface area contributed by atoms with Gasteiger partial charge in [0.25, 0.3) is 5.56 Å². The zero-order valence-electron chi connectivity index (χ0n) is 14.1. The molecule has 0 amide bonds. The molecule has 0 spiro atoms. The first kappa shape index (κ1) is 17.0. The van der Waals surface area contributed by atoms with Gasteiger partial charge >= 0.3 is 0 Å². The Morgan fingerprint density at radius 1 is 1.35 bits per heavy atom. The number of ketones is 1. The molecule has 0 fully saturated rings. The lowest BCUT2D eigenvalue weighted by Gasteiger charge is -2.17. The van der Waals surface area contributed by atoms with Gasteiger partial charge in [-0.1, -0.05) is 6.92 Å². The van der Waals surface area contributed by atoms with Crippen LogP contribution in [0.4, 0.5) is 8.78 Å². The number of rotatable bonds is 3. The minimum Gasteiger partial charge on any atom is -0.292 e. The summed E-state index contributed by atoms with van der Waals surface area (Å²) in [5.74, 6) is -1.98. The van der Waals surface area contributed by atoms with Crippen molar-refractivity contribution in [1.29, 1.82) is 0 Å². The van der Waals surface area contributed by atoms with Gasteiger partial charge in [0.2, 0.25) is 0 Å². The number of thiophene rings is 1. The molecule has 1 unspecified atom stereocenters. The Hall–Kier alpha value is -2.41. The molecular formula is C19H16F2N2O2S. The largest absolute Gasteiger partial charge is 0.292 e. The van der Waals surface area contributed by atoms with Gasteiger partial charge in [-0.2, -0.15) is 0 Å². The van der Waals surface area contributed by atoms with E-state index in [1.807, 2.05) is 0 Å². The number of hydrogen-bond donors (Lipinski definition) is 0. The van der Waals surface area contributed by atoms with E-state index in [1.165, 1.54) is 21.8 Å². The lowest BCUT2D eigenvalue weighted by atomic mass is 9.89. The lowest BCUT2D eigenvalue weighted by Crippen LogP contribution is -2.25. The van der Waals surface area contributed by atoms with Crippen LogP contribution >= 0.6 is 11.3 Å². The highest BCUT2D eigenvalue weighted by atomic mass is 32.1. The maximum absolute atomic E-state index is 13.3. The van der Waals surface area contributed by atoms with Crippen LogP contribution in [0.5, 0.6) is 0 Å². The van der Waals surface area contributed by atoms with Crippen molar-refractivity contribution in [2.45, 2.75) is 32.7 Å². The summed E-state index contributed by atoms with van der Waals surface area (Å²) in [4.78, 5) is 31.5. The normalized spacial score (nSPS) is 16.7. The fourth-order valence-corrected chi connectivity index (χ4v) is 4.74. The molecule has 26 heavy (non-hydrogen) atoms. The fourth-order valence-electron chi connectivity index (χ4n) is 3.39.